The molecule has 1 fully saturated rings. The van der Waals surface area contributed by atoms with Gasteiger partial charge in [-0.2, -0.15) is 0 Å². The van der Waals surface area contributed by atoms with Gasteiger partial charge in [0.15, 0.2) is 0 Å². The first-order valence-corrected chi connectivity index (χ1v) is 8.32. The number of nitrogens with zero attached hydrogens (tertiary/aromatic N) is 2. The van der Waals surface area contributed by atoms with Gasteiger partial charge in [-0.1, -0.05) is 11.6 Å². The van der Waals surface area contributed by atoms with Crippen LogP contribution in [0.25, 0.3) is 0 Å². The normalized spacial score (nSPS) is 15.0. The summed E-state index contributed by atoms with van der Waals surface area (Å²) in [4.78, 5) is 17.6. The fourth-order valence-electron chi connectivity index (χ4n) is 2.29. The van der Waals surface area contributed by atoms with Gasteiger partial charge in [0, 0.05) is 51.3 Å². The van der Waals surface area contributed by atoms with E-state index >= 15 is 0 Å². The molecule has 2 heterocycles. The molecule has 1 aromatic heterocycles. The van der Waals surface area contributed by atoms with E-state index in [-0.39, 0.29) is 30.7 Å². The number of piperazine rings is 1. The van der Waals surface area contributed by atoms with Crippen LogP contribution in [0.5, 0.6) is 0 Å². The van der Waals surface area contributed by atoms with Crippen molar-refractivity contribution in [2.45, 2.75) is 6.54 Å². The molecular weight excluding hydrogens is 381 g/mol. The third kappa shape index (κ3) is 8.03. The number of ether oxygens (including phenoxy) is 1. The van der Waals surface area contributed by atoms with Gasteiger partial charge in [-0.05, 0) is 12.1 Å². The lowest BCUT2D eigenvalue weighted by Crippen LogP contribution is -2.50. The summed E-state index contributed by atoms with van der Waals surface area (Å²) in [6, 6.07) is 4.01. The maximum Gasteiger partial charge on any atom is 0.236 e. The number of halogens is 3. The third-order valence-electron chi connectivity index (χ3n) is 3.49. The summed E-state index contributed by atoms with van der Waals surface area (Å²) in [5.41, 5.74) is 0. The average molecular weight is 405 g/mol. The van der Waals surface area contributed by atoms with Crippen molar-refractivity contribution in [3.8, 4) is 0 Å². The van der Waals surface area contributed by atoms with Crippen LogP contribution in [-0.2, 0) is 16.1 Å². The molecular formula is C14H24Cl3N3O2S. The number of thiophene rings is 1. The highest BCUT2D eigenvalue weighted by Gasteiger charge is 2.20. The topological polar surface area (TPSA) is 44.8 Å². The summed E-state index contributed by atoms with van der Waals surface area (Å²) >= 11 is 7.57. The molecule has 0 radical (unpaired) electrons. The molecule has 1 amide bonds. The van der Waals surface area contributed by atoms with E-state index in [4.69, 9.17) is 16.3 Å². The van der Waals surface area contributed by atoms with Gasteiger partial charge >= 0.3 is 0 Å². The summed E-state index contributed by atoms with van der Waals surface area (Å²) in [6.45, 7) is 6.08. The monoisotopic (exact) mass is 403 g/mol. The molecule has 0 bridgehead atoms. The Hall–Kier alpha value is -0.0800. The number of rotatable bonds is 7. The van der Waals surface area contributed by atoms with E-state index in [2.05, 4.69) is 16.3 Å². The highest BCUT2D eigenvalue weighted by molar-refractivity contribution is 7.16. The second-order valence-corrected chi connectivity index (χ2v) is 6.83. The van der Waals surface area contributed by atoms with Crippen molar-refractivity contribution in [2.24, 2.45) is 0 Å². The minimum absolute atomic E-state index is 0. The van der Waals surface area contributed by atoms with E-state index in [0.29, 0.717) is 19.7 Å². The molecule has 2 rings (SSSR count). The number of hydrogen-bond acceptors (Lipinski definition) is 5. The van der Waals surface area contributed by atoms with Crippen LogP contribution in [0.1, 0.15) is 4.88 Å². The Morgan fingerprint density at radius 1 is 1.30 bits per heavy atom. The van der Waals surface area contributed by atoms with Crippen molar-refractivity contribution in [1.82, 2.24) is 15.1 Å². The maximum absolute atomic E-state index is 12.0. The molecule has 23 heavy (non-hydrogen) atoms. The van der Waals surface area contributed by atoms with E-state index in [9.17, 15) is 4.79 Å². The summed E-state index contributed by atoms with van der Waals surface area (Å²) < 4.78 is 5.77. The smallest absolute Gasteiger partial charge is 0.236 e. The number of amides is 1. The Morgan fingerprint density at radius 2 is 2.00 bits per heavy atom. The molecule has 5 nitrogen and oxygen atoms in total. The summed E-state index contributed by atoms with van der Waals surface area (Å²) in [5, 5.41) is 3.09. The Balaban J connectivity index is 0.00000242. The predicted molar refractivity (Wildman–Crippen MR) is 100 cm³/mol. The van der Waals surface area contributed by atoms with Crippen molar-refractivity contribution >= 4 is 53.7 Å². The average Bonchev–Trinajstić information content (AvgIpc) is 2.89. The molecule has 0 saturated carbocycles. The Labute approximate surface area is 159 Å². The Kier molecular flexibility index (Phi) is 12.3. The standard InChI is InChI=1S/C14H22ClN3O2S.2ClH/c1-20-9-4-16-10-14(19)18-7-5-17(6-8-18)11-12-2-3-13(15)21-12;;/h2-3,16H,4-11H2,1H3;2*1H. The van der Waals surface area contributed by atoms with Gasteiger partial charge in [-0.3, -0.25) is 9.69 Å². The quantitative estimate of drug-likeness (QED) is 0.707. The first-order chi connectivity index (χ1) is 10.2. The van der Waals surface area contributed by atoms with Crippen LogP contribution in [0.2, 0.25) is 4.34 Å². The molecule has 0 atom stereocenters. The lowest BCUT2D eigenvalue weighted by atomic mass is 10.3. The van der Waals surface area contributed by atoms with E-state index in [0.717, 1.165) is 37.1 Å². The zero-order valence-corrected chi connectivity index (χ0v) is 16.3. The van der Waals surface area contributed by atoms with E-state index in [1.807, 2.05) is 11.0 Å². The van der Waals surface area contributed by atoms with E-state index < -0.39 is 0 Å². The lowest BCUT2D eigenvalue weighted by Gasteiger charge is -2.34. The predicted octanol–water partition coefficient (Wildman–Crippen LogP) is 2.13. The highest BCUT2D eigenvalue weighted by atomic mass is 35.5. The molecule has 1 aliphatic rings. The second-order valence-electron chi connectivity index (χ2n) is 5.03. The minimum atomic E-state index is 0. The van der Waals surface area contributed by atoms with Crippen molar-refractivity contribution in [1.29, 1.82) is 0 Å². The lowest BCUT2D eigenvalue weighted by molar-refractivity contribution is -0.132. The molecule has 0 aliphatic carbocycles. The van der Waals surface area contributed by atoms with Gasteiger partial charge in [0.2, 0.25) is 5.91 Å². The van der Waals surface area contributed by atoms with Gasteiger partial charge in [0.05, 0.1) is 17.5 Å². The molecule has 1 aliphatic heterocycles. The molecule has 9 heteroatoms. The Bertz CT molecular complexity index is 454. The molecule has 1 aromatic rings. The van der Waals surface area contributed by atoms with Gasteiger partial charge < -0.3 is 15.0 Å². The van der Waals surface area contributed by atoms with Crippen LogP contribution in [-0.4, -0.2) is 68.7 Å². The van der Waals surface area contributed by atoms with Gasteiger partial charge in [0.1, 0.15) is 0 Å². The molecule has 134 valence electrons. The summed E-state index contributed by atoms with van der Waals surface area (Å²) in [6.07, 6.45) is 0. The van der Waals surface area contributed by atoms with Crippen molar-refractivity contribution in [3.63, 3.8) is 0 Å². The first-order valence-electron chi connectivity index (χ1n) is 7.13. The molecule has 0 unspecified atom stereocenters. The fraction of sp³-hybridized carbons (Fsp3) is 0.643. The first kappa shape index (κ1) is 22.9. The van der Waals surface area contributed by atoms with Crippen LogP contribution in [0.3, 0.4) is 0 Å². The fourth-order valence-corrected chi connectivity index (χ4v) is 3.42. The van der Waals surface area contributed by atoms with Gasteiger partial charge in [0.25, 0.3) is 0 Å². The van der Waals surface area contributed by atoms with Crippen LogP contribution in [0, 0.1) is 0 Å². The zero-order chi connectivity index (χ0) is 15.1. The number of carbonyl (C=O) groups is 1. The van der Waals surface area contributed by atoms with Gasteiger partial charge in [-0.15, -0.1) is 36.2 Å². The summed E-state index contributed by atoms with van der Waals surface area (Å²) in [5.74, 6) is 0.171. The van der Waals surface area contributed by atoms with Crippen LogP contribution in [0.4, 0.5) is 0 Å². The zero-order valence-electron chi connectivity index (χ0n) is 13.1. The number of methoxy groups -OCH3 is 1. The second kappa shape index (κ2) is 12.3. The molecule has 0 aromatic carbocycles. The minimum Gasteiger partial charge on any atom is -0.383 e. The van der Waals surface area contributed by atoms with Crippen molar-refractivity contribution in [2.75, 3.05) is 53.0 Å². The highest BCUT2D eigenvalue weighted by Crippen LogP contribution is 2.23. The molecule has 1 saturated heterocycles. The maximum atomic E-state index is 12.0. The number of nitrogens with one attached hydrogen (secondary N) is 1. The number of carbonyl (C=O) groups excluding carboxylic acids is 1. The number of hydrogen-bond donors (Lipinski definition) is 1. The van der Waals surface area contributed by atoms with Crippen LogP contribution < -0.4 is 5.32 Å². The van der Waals surface area contributed by atoms with Gasteiger partial charge in [-0.25, -0.2) is 0 Å². The third-order valence-corrected chi connectivity index (χ3v) is 4.71. The van der Waals surface area contributed by atoms with Crippen LogP contribution >= 0.6 is 47.8 Å². The molecule has 0 spiro atoms. The van der Waals surface area contributed by atoms with E-state index in [1.54, 1.807) is 18.4 Å². The van der Waals surface area contributed by atoms with Crippen LogP contribution in [0.15, 0.2) is 12.1 Å². The molecule has 1 N–H and O–H groups in total. The van der Waals surface area contributed by atoms with E-state index in [1.165, 1.54) is 4.88 Å². The Morgan fingerprint density at radius 3 is 2.57 bits per heavy atom. The SMILES string of the molecule is COCCNCC(=O)N1CCN(Cc2ccc(Cl)s2)CC1.Cl.Cl. The summed E-state index contributed by atoms with van der Waals surface area (Å²) in [7, 11) is 1.66. The van der Waals surface area contributed by atoms with Crippen molar-refractivity contribution < 1.29 is 9.53 Å². The largest absolute Gasteiger partial charge is 0.383 e. The van der Waals surface area contributed by atoms with Crippen molar-refractivity contribution in [3.05, 3.63) is 21.3 Å².